The van der Waals surface area contributed by atoms with E-state index in [9.17, 15) is 18.0 Å². The van der Waals surface area contributed by atoms with Gasteiger partial charge in [0.1, 0.15) is 5.69 Å². The molecule has 0 bridgehead atoms. The molecule has 0 unspecified atom stereocenters. The molecule has 0 atom stereocenters. The maximum Gasteiger partial charge on any atom is 0.416 e. The monoisotopic (exact) mass is 504 g/mol. The van der Waals surface area contributed by atoms with Crippen LogP contribution in [0.1, 0.15) is 34.1 Å². The fourth-order valence-electron chi connectivity index (χ4n) is 3.44. The fraction of sp³-hybridized carbons (Fsp3) is 0.111. The summed E-state index contributed by atoms with van der Waals surface area (Å²) in [6, 6.07) is 21.0. The maximum atomic E-state index is 12.8. The second-order valence-electron chi connectivity index (χ2n) is 8.12. The number of rotatable bonds is 7. The van der Waals surface area contributed by atoms with Crippen LogP contribution in [0, 0.1) is 0 Å². The molecule has 0 saturated heterocycles. The highest BCUT2D eigenvalue weighted by molar-refractivity contribution is 6.01. The third kappa shape index (κ3) is 6.49. The number of carbonyl (C=O) groups excluding carboxylic acids is 1. The smallest absolute Gasteiger partial charge is 0.382 e. The Balaban J connectivity index is 1.50. The third-order valence-corrected chi connectivity index (χ3v) is 5.42. The highest BCUT2D eigenvalue weighted by Gasteiger charge is 2.29. The number of hydrogen-bond donors (Lipinski definition) is 3. The number of alkyl halides is 3. The van der Waals surface area contributed by atoms with Gasteiger partial charge in [-0.1, -0.05) is 42.5 Å². The lowest BCUT2D eigenvalue weighted by atomic mass is 10.1. The van der Waals surface area contributed by atoms with Crippen molar-refractivity contribution in [3.8, 4) is 11.3 Å². The van der Waals surface area contributed by atoms with Crippen molar-refractivity contribution >= 4 is 23.1 Å². The van der Waals surface area contributed by atoms with E-state index in [-0.39, 0.29) is 11.7 Å². The first-order valence-corrected chi connectivity index (χ1v) is 11.2. The lowest BCUT2D eigenvalue weighted by Crippen LogP contribution is -2.22. The first kappa shape index (κ1) is 25.4. The summed E-state index contributed by atoms with van der Waals surface area (Å²) in [6.45, 7) is 2.05. The SMILES string of the molecule is C/C(=N\Nc1ccc(C(F)(F)F)cc1)c1nc(-c2cccc(C(=O)NCc3ccccc3)c2)cnc1N. The number of carbonyl (C=O) groups is 1. The second-order valence-corrected chi connectivity index (χ2v) is 8.12. The molecular formula is C27H23F3N6O. The van der Waals surface area contributed by atoms with Crippen LogP contribution >= 0.6 is 0 Å². The summed E-state index contributed by atoms with van der Waals surface area (Å²) in [5, 5.41) is 7.08. The quantitative estimate of drug-likeness (QED) is 0.227. The van der Waals surface area contributed by atoms with Gasteiger partial charge in [-0.3, -0.25) is 10.2 Å². The Bertz CT molecular complexity index is 1420. The lowest BCUT2D eigenvalue weighted by Gasteiger charge is -2.10. The van der Waals surface area contributed by atoms with Crippen LogP contribution in [-0.4, -0.2) is 21.6 Å². The van der Waals surface area contributed by atoms with Crippen LogP contribution in [0.2, 0.25) is 0 Å². The molecule has 1 aromatic heterocycles. The molecule has 0 spiro atoms. The minimum atomic E-state index is -4.41. The van der Waals surface area contributed by atoms with E-state index >= 15 is 0 Å². The number of amides is 1. The van der Waals surface area contributed by atoms with Gasteiger partial charge < -0.3 is 11.1 Å². The summed E-state index contributed by atoms with van der Waals surface area (Å²) >= 11 is 0. The van der Waals surface area contributed by atoms with Gasteiger partial charge in [0.2, 0.25) is 0 Å². The average Bonchev–Trinajstić information content (AvgIpc) is 2.91. The molecule has 1 heterocycles. The van der Waals surface area contributed by atoms with Crippen molar-refractivity contribution in [2.45, 2.75) is 19.6 Å². The van der Waals surface area contributed by atoms with E-state index in [1.807, 2.05) is 30.3 Å². The van der Waals surface area contributed by atoms with Crippen molar-refractivity contribution in [1.82, 2.24) is 15.3 Å². The number of halogens is 3. The molecule has 37 heavy (non-hydrogen) atoms. The van der Waals surface area contributed by atoms with Gasteiger partial charge >= 0.3 is 6.18 Å². The van der Waals surface area contributed by atoms with E-state index in [1.54, 1.807) is 31.2 Å². The van der Waals surface area contributed by atoms with Gasteiger partial charge in [0.05, 0.1) is 28.9 Å². The fourth-order valence-corrected chi connectivity index (χ4v) is 3.44. The van der Waals surface area contributed by atoms with Crippen LogP contribution in [0.5, 0.6) is 0 Å². The zero-order valence-corrected chi connectivity index (χ0v) is 19.8. The Labute approximate surface area is 211 Å². The van der Waals surface area contributed by atoms with Crippen LogP contribution < -0.4 is 16.5 Å². The highest BCUT2D eigenvalue weighted by Crippen LogP contribution is 2.30. The van der Waals surface area contributed by atoms with Gasteiger partial charge in [-0.15, -0.1) is 0 Å². The number of nitrogen functional groups attached to an aromatic ring is 1. The predicted molar refractivity (Wildman–Crippen MR) is 137 cm³/mol. The van der Waals surface area contributed by atoms with Crippen molar-refractivity contribution in [3.05, 3.63) is 107 Å². The number of nitrogens with one attached hydrogen (secondary N) is 2. The zero-order chi connectivity index (χ0) is 26.4. The van der Waals surface area contributed by atoms with Crippen molar-refractivity contribution in [3.63, 3.8) is 0 Å². The van der Waals surface area contributed by atoms with Crippen molar-refractivity contribution < 1.29 is 18.0 Å². The largest absolute Gasteiger partial charge is 0.416 e. The maximum absolute atomic E-state index is 12.8. The van der Waals surface area contributed by atoms with E-state index in [0.717, 1.165) is 17.7 Å². The third-order valence-electron chi connectivity index (χ3n) is 5.42. The van der Waals surface area contributed by atoms with Crippen molar-refractivity contribution in [2.24, 2.45) is 5.10 Å². The van der Waals surface area contributed by atoms with E-state index < -0.39 is 11.7 Å². The zero-order valence-electron chi connectivity index (χ0n) is 19.8. The second kappa shape index (κ2) is 10.9. The minimum Gasteiger partial charge on any atom is -0.382 e. The normalized spacial score (nSPS) is 11.7. The van der Waals surface area contributed by atoms with E-state index in [4.69, 9.17) is 5.73 Å². The summed E-state index contributed by atoms with van der Waals surface area (Å²) in [4.78, 5) is 21.4. The van der Waals surface area contributed by atoms with Gasteiger partial charge in [-0.25, -0.2) is 9.97 Å². The molecule has 1 amide bonds. The number of hydrogen-bond acceptors (Lipinski definition) is 6. The Hall–Kier alpha value is -4.73. The van der Waals surface area contributed by atoms with E-state index in [1.165, 1.54) is 18.3 Å². The van der Waals surface area contributed by atoms with Crippen LogP contribution in [-0.2, 0) is 12.7 Å². The Kier molecular flexibility index (Phi) is 7.47. The molecule has 0 aliphatic rings. The number of anilines is 2. The van der Waals surface area contributed by atoms with Gasteiger partial charge in [-0.2, -0.15) is 18.3 Å². The van der Waals surface area contributed by atoms with Gasteiger partial charge in [-0.05, 0) is 48.9 Å². The summed E-state index contributed by atoms with van der Waals surface area (Å²) in [6.07, 6.45) is -2.92. The molecule has 4 aromatic rings. The number of nitrogens with zero attached hydrogens (tertiary/aromatic N) is 3. The van der Waals surface area contributed by atoms with Gasteiger partial charge in [0, 0.05) is 17.7 Å². The average molecular weight is 505 g/mol. The summed E-state index contributed by atoms with van der Waals surface area (Å²) in [7, 11) is 0. The summed E-state index contributed by atoms with van der Waals surface area (Å²) < 4.78 is 38.3. The molecule has 7 nitrogen and oxygen atoms in total. The van der Waals surface area contributed by atoms with Crippen molar-refractivity contribution in [2.75, 3.05) is 11.2 Å². The molecule has 4 N–H and O–H groups in total. The Morgan fingerprint density at radius 3 is 2.43 bits per heavy atom. The Morgan fingerprint density at radius 1 is 1.00 bits per heavy atom. The highest BCUT2D eigenvalue weighted by atomic mass is 19.4. The summed E-state index contributed by atoms with van der Waals surface area (Å²) in [5.41, 5.74) is 11.6. The predicted octanol–water partition coefficient (Wildman–Crippen LogP) is 5.51. The van der Waals surface area contributed by atoms with E-state index in [2.05, 4.69) is 25.8 Å². The topological polar surface area (TPSA) is 105 Å². The number of benzene rings is 3. The van der Waals surface area contributed by atoms with Gasteiger partial charge in [0.25, 0.3) is 5.91 Å². The molecule has 0 radical (unpaired) electrons. The summed E-state index contributed by atoms with van der Waals surface area (Å²) in [5.74, 6) is -0.0937. The standard InChI is InChI=1S/C27H23F3N6O/c1-17(35-36-22-12-10-21(11-13-22)27(28,29)30)24-25(31)32-16-23(34-24)19-8-5-9-20(14-19)26(37)33-15-18-6-3-2-4-7-18/h2-14,16,36H,15H2,1H3,(H2,31,32)(H,33,37)/b35-17+. The number of aromatic nitrogens is 2. The molecule has 10 heteroatoms. The number of hydrazone groups is 1. The van der Waals surface area contributed by atoms with Crippen LogP contribution in [0.4, 0.5) is 24.7 Å². The van der Waals surface area contributed by atoms with Crippen LogP contribution in [0.25, 0.3) is 11.3 Å². The molecule has 0 aliphatic carbocycles. The molecule has 188 valence electrons. The molecule has 0 saturated carbocycles. The molecule has 3 aromatic carbocycles. The van der Waals surface area contributed by atoms with E-state index in [0.29, 0.717) is 40.5 Å². The van der Waals surface area contributed by atoms with Crippen molar-refractivity contribution in [1.29, 1.82) is 0 Å². The molecule has 0 fully saturated rings. The van der Waals surface area contributed by atoms with Gasteiger partial charge in [0.15, 0.2) is 5.82 Å². The lowest BCUT2D eigenvalue weighted by molar-refractivity contribution is -0.137. The molecule has 0 aliphatic heterocycles. The minimum absolute atomic E-state index is 0.135. The first-order valence-electron chi connectivity index (χ1n) is 11.2. The van der Waals surface area contributed by atoms with Crippen LogP contribution in [0.15, 0.2) is 90.2 Å². The number of nitrogens with two attached hydrogens (primary N) is 1. The molecular weight excluding hydrogens is 481 g/mol. The van der Waals surface area contributed by atoms with Crippen LogP contribution in [0.3, 0.4) is 0 Å². The first-order chi connectivity index (χ1) is 17.7. The molecule has 4 rings (SSSR count). The Morgan fingerprint density at radius 2 is 1.73 bits per heavy atom.